The van der Waals surface area contributed by atoms with E-state index in [9.17, 15) is 9.59 Å². The zero-order chi connectivity index (χ0) is 19.2. The van der Waals surface area contributed by atoms with E-state index in [0.717, 1.165) is 30.6 Å². The Hall–Kier alpha value is -1.92. The molecule has 1 aliphatic heterocycles. The predicted molar refractivity (Wildman–Crippen MR) is 99.2 cm³/mol. The molecule has 1 aliphatic rings. The van der Waals surface area contributed by atoms with Gasteiger partial charge in [-0.05, 0) is 64.2 Å². The molecule has 0 radical (unpaired) electrons. The van der Waals surface area contributed by atoms with Crippen molar-refractivity contribution in [3.63, 3.8) is 0 Å². The summed E-state index contributed by atoms with van der Waals surface area (Å²) < 4.78 is 11.3. The van der Waals surface area contributed by atoms with Gasteiger partial charge in [-0.1, -0.05) is 12.1 Å². The normalized spacial score (nSPS) is 19.9. The lowest BCUT2D eigenvalue weighted by atomic mass is 9.96. The van der Waals surface area contributed by atoms with Crippen molar-refractivity contribution in [2.24, 2.45) is 5.92 Å². The van der Waals surface area contributed by atoms with E-state index in [0.29, 0.717) is 19.4 Å². The van der Waals surface area contributed by atoms with Crippen LogP contribution >= 0.6 is 0 Å². The summed E-state index contributed by atoms with van der Waals surface area (Å²) in [4.78, 5) is 22.4. The second-order valence-electron chi connectivity index (χ2n) is 7.26. The highest BCUT2D eigenvalue weighted by Crippen LogP contribution is 2.24. The van der Waals surface area contributed by atoms with Crippen molar-refractivity contribution < 1.29 is 24.2 Å². The number of Topliss-reactive ketones (excluding diaryl/α,β-unsaturated/α-hetero) is 1. The Bertz CT molecular complexity index is 597. The van der Waals surface area contributed by atoms with Crippen LogP contribution in [0.3, 0.4) is 0 Å². The minimum absolute atomic E-state index is 0.164. The number of carboxylic acids is 1. The van der Waals surface area contributed by atoms with Gasteiger partial charge in [0.25, 0.3) is 0 Å². The molecule has 2 N–H and O–H groups in total. The lowest BCUT2D eigenvalue weighted by Crippen LogP contribution is -2.22. The van der Waals surface area contributed by atoms with Gasteiger partial charge in [0.1, 0.15) is 11.7 Å². The van der Waals surface area contributed by atoms with Crippen LogP contribution in [0.15, 0.2) is 24.3 Å². The number of benzene rings is 1. The average Bonchev–Trinajstić information content (AvgIpc) is 2.91. The van der Waals surface area contributed by atoms with E-state index in [4.69, 9.17) is 14.6 Å². The summed E-state index contributed by atoms with van der Waals surface area (Å²) in [5.74, 6) is -2.72. The number of ether oxygens (including phenoxy) is 2. The van der Waals surface area contributed by atoms with Crippen molar-refractivity contribution in [1.29, 1.82) is 0 Å². The number of carboxylic acid groups (broad SMARTS) is 1. The fourth-order valence-electron chi connectivity index (χ4n) is 3.07. The van der Waals surface area contributed by atoms with Crippen molar-refractivity contribution in [3.05, 3.63) is 29.8 Å². The number of hydrogen-bond donors (Lipinski definition) is 2. The molecule has 6 nitrogen and oxygen atoms in total. The summed E-state index contributed by atoms with van der Waals surface area (Å²) >= 11 is 0. The standard InChI is InChI=1S/C20H29NO5/c1-14(22)18(19(23)24)11-8-15-6-9-16(10-7-15)21-12-4-5-17-13-25-20(2,3)26-17/h6-7,9-10,17-18,21H,4-5,8,11-13H2,1-3H3,(H,23,24). The summed E-state index contributed by atoms with van der Waals surface area (Å²) in [7, 11) is 0. The smallest absolute Gasteiger partial charge is 0.314 e. The Morgan fingerprint density at radius 3 is 2.54 bits per heavy atom. The fraction of sp³-hybridized carbons (Fsp3) is 0.600. The minimum atomic E-state index is -1.05. The van der Waals surface area contributed by atoms with Gasteiger partial charge in [-0.3, -0.25) is 9.59 Å². The first-order valence-corrected chi connectivity index (χ1v) is 9.15. The lowest BCUT2D eigenvalue weighted by Gasteiger charge is -2.17. The van der Waals surface area contributed by atoms with Gasteiger partial charge in [-0.25, -0.2) is 0 Å². The van der Waals surface area contributed by atoms with Gasteiger partial charge < -0.3 is 19.9 Å². The SMILES string of the molecule is CC(=O)C(CCc1ccc(NCCCC2COC(C)(C)O2)cc1)C(=O)O. The Morgan fingerprint density at radius 2 is 2.00 bits per heavy atom. The highest BCUT2D eigenvalue weighted by Gasteiger charge is 2.31. The first kappa shape index (κ1) is 20.4. The molecule has 26 heavy (non-hydrogen) atoms. The third kappa shape index (κ3) is 6.42. The van der Waals surface area contributed by atoms with Gasteiger partial charge in [-0.2, -0.15) is 0 Å². The number of aliphatic carboxylic acids is 1. The van der Waals surface area contributed by atoms with E-state index < -0.39 is 17.7 Å². The third-order valence-electron chi connectivity index (χ3n) is 4.56. The number of aryl methyl sites for hydroxylation is 1. The maximum atomic E-state index is 11.3. The molecule has 0 amide bonds. The monoisotopic (exact) mass is 363 g/mol. The number of nitrogens with one attached hydrogen (secondary N) is 1. The number of ketones is 1. The number of hydrogen-bond acceptors (Lipinski definition) is 5. The van der Waals surface area contributed by atoms with E-state index in [2.05, 4.69) is 5.32 Å². The highest BCUT2D eigenvalue weighted by atomic mass is 16.7. The van der Waals surface area contributed by atoms with Crippen molar-refractivity contribution >= 4 is 17.4 Å². The van der Waals surface area contributed by atoms with Gasteiger partial charge in [0, 0.05) is 12.2 Å². The molecule has 2 unspecified atom stereocenters. The van der Waals surface area contributed by atoms with E-state index in [1.165, 1.54) is 6.92 Å². The van der Waals surface area contributed by atoms with Gasteiger partial charge in [0.05, 0.1) is 12.7 Å². The minimum Gasteiger partial charge on any atom is -0.481 e. The first-order chi connectivity index (χ1) is 12.3. The lowest BCUT2D eigenvalue weighted by molar-refractivity contribution is -0.146. The van der Waals surface area contributed by atoms with Crippen molar-refractivity contribution in [3.8, 4) is 0 Å². The van der Waals surface area contributed by atoms with Crippen LogP contribution in [-0.2, 0) is 25.5 Å². The van der Waals surface area contributed by atoms with Crippen LogP contribution < -0.4 is 5.32 Å². The molecule has 0 bridgehead atoms. The van der Waals surface area contributed by atoms with Gasteiger partial charge in [-0.15, -0.1) is 0 Å². The molecule has 6 heteroatoms. The Morgan fingerprint density at radius 1 is 1.31 bits per heavy atom. The molecule has 1 saturated heterocycles. The van der Waals surface area contributed by atoms with E-state index in [1.54, 1.807) is 0 Å². The summed E-state index contributed by atoms with van der Waals surface area (Å²) in [5.41, 5.74) is 2.06. The highest BCUT2D eigenvalue weighted by molar-refractivity contribution is 5.96. The summed E-state index contributed by atoms with van der Waals surface area (Å²) in [6, 6.07) is 7.91. The Balaban J connectivity index is 1.69. The van der Waals surface area contributed by atoms with Crippen molar-refractivity contribution in [1.82, 2.24) is 0 Å². The van der Waals surface area contributed by atoms with Crippen LogP contribution in [0.4, 0.5) is 5.69 Å². The number of anilines is 1. The second kappa shape index (κ2) is 9.14. The third-order valence-corrected chi connectivity index (χ3v) is 4.56. The molecule has 0 aromatic heterocycles. The molecule has 1 aromatic rings. The van der Waals surface area contributed by atoms with Crippen LogP contribution in [0, 0.1) is 5.92 Å². The van der Waals surface area contributed by atoms with Crippen LogP contribution in [0.5, 0.6) is 0 Å². The van der Waals surface area contributed by atoms with Crippen LogP contribution in [-0.4, -0.2) is 41.9 Å². The number of carbonyl (C=O) groups excluding carboxylic acids is 1. The quantitative estimate of drug-likeness (QED) is 0.490. The van der Waals surface area contributed by atoms with Gasteiger partial charge in [0.2, 0.25) is 0 Å². The fourth-order valence-corrected chi connectivity index (χ4v) is 3.07. The molecule has 2 rings (SSSR count). The topological polar surface area (TPSA) is 84.9 Å². The average molecular weight is 363 g/mol. The number of rotatable bonds is 10. The van der Waals surface area contributed by atoms with E-state index in [1.807, 2.05) is 38.1 Å². The molecular formula is C20H29NO5. The van der Waals surface area contributed by atoms with E-state index in [-0.39, 0.29) is 11.9 Å². The largest absolute Gasteiger partial charge is 0.481 e. The predicted octanol–water partition coefficient (Wildman–Crippen LogP) is 3.25. The van der Waals surface area contributed by atoms with Crippen LogP contribution in [0.2, 0.25) is 0 Å². The number of carbonyl (C=O) groups is 2. The van der Waals surface area contributed by atoms with Gasteiger partial charge in [0.15, 0.2) is 5.79 Å². The first-order valence-electron chi connectivity index (χ1n) is 9.15. The molecule has 0 spiro atoms. The van der Waals surface area contributed by atoms with Crippen molar-refractivity contribution in [2.75, 3.05) is 18.5 Å². The molecule has 2 atom stereocenters. The molecule has 1 heterocycles. The summed E-state index contributed by atoms with van der Waals surface area (Å²) in [6.45, 7) is 6.70. The molecule has 1 fully saturated rings. The molecule has 1 aromatic carbocycles. The van der Waals surface area contributed by atoms with Crippen LogP contribution in [0.25, 0.3) is 0 Å². The zero-order valence-electron chi connectivity index (χ0n) is 15.8. The Kier molecular flexibility index (Phi) is 7.17. The molecule has 144 valence electrons. The summed E-state index contributed by atoms with van der Waals surface area (Å²) in [6.07, 6.45) is 3.02. The maximum absolute atomic E-state index is 11.3. The second-order valence-corrected chi connectivity index (χ2v) is 7.26. The molecule has 0 saturated carbocycles. The van der Waals surface area contributed by atoms with Gasteiger partial charge >= 0.3 is 5.97 Å². The van der Waals surface area contributed by atoms with E-state index >= 15 is 0 Å². The maximum Gasteiger partial charge on any atom is 0.314 e. The van der Waals surface area contributed by atoms with Crippen LogP contribution in [0.1, 0.15) is 45.6 Å². The molecule has 0 aliphatic carbocycles. The molecular weight excluding hydrogens is 334 g/mol. The summed E-state index contributed by atoms with van der Waals surface area (Å²) in [5, 5.41) is 12.4. The van der Waals surface area contributed by atoms with Crippen molar-refractivity contribution in [2.45, 2.75) is 58.3 Å². The Labute approximate surface area is 154 Å². The zero-order valence-corrected chi connectivity index (χ0v) is 15.8.